The van der Waals surface area contributed by atoms with Gasteiger partial charge in [0, 0.05) is 25.4 Å². The number of hydrogen-bond donors (Lipinski definition) is 0. The number of hydrogen-bond acceptors (Lipinski definition) is 4. The summed E-state index contributed by atoms with van der Waals surface area (Å²) in [7, 11) is 3.63. The van der Waals surface area contributed by atoms with E-state index in [9.17, 15) is 9.59 Å². The molecule has 1 aromatic heterocycles. The van der Waals surface area contributed by atoms with Crippen molar-refractivity contribution >= 4 is 11.9 Å². The van der Waals surface area contributed by atoms with E-state index in [-0.39, 0.29) is 25.0 Å². The molecular weight excluding hydrogens is 342 g/mol. The zero-order chi connectivity index (χ0) is 19.6. The minimum absolute atomic E-state index is 0.0453. The maximum absolute atomic E-state index is 12.6. The second kappa shape index (κ2) is 7.94. The third-order valence-electron chi connectivity index (χ3n) is 5.54. The van der Waals surface area contributed by atoms with E-state index >= 15 is 0 Å². The molecule has 0 fully saturated rings. The molecule has 0 bridgehead atoms. The number of benzene rings is 1. The van der Waals surface area contributed by atoms with Gasteiger partial charge in [-0.05, 0) is 44.2 Å². The Bertz CT molecular complexity index is 856. The van der Waals surface area contributed by atoms with Crippen molar-refractivity contribution in [1.82, 2.24) is 14.7 Å². The van der Waals surface area contributed by atoms with Crippen LogP contribution in [0.5, 0.6) is 0 Å². The van der Waals surface area contributed by atoms with Gasteiger partial charge in [-0.2, -0.15) is 5.10 Å². The average molecular weight is 369 g/mol. The number of nitrogens with zero attached hydrogens (tertiary/aromatic N) is 3. The van der Waals surface area contributed by atoms with Crippen molar-refractivity contribution in [3.63, 3.8) is 0 Å². The number of aryl methyl sites for hydroxylation is 3. The van der Waals surface area contributed by atoms with Crippen LogP contribution in [0.3, 0.4) is 0 Å². The van der Waals surface area contributed by atoms with Crippen LogP contribution in [0, 0.1) is 13.8 Å². The van der Waals surface area contributed by atoms with E-state index in [1.54, 1.807) is 16.6 Å². The molecular formula is C21H27N3O3. The lowest BCUT2D eigenvalue weighted by Crippen LogP contribution is -2.36. The summed E-state index contributed by atoms with van der Waals surface area (Å²) in [6.45, 7) is 3.56. The van der Waals surface area contributed by atoms with E-state index in [0.717, 1.165) is 36.2 Å². The maximum atomic E-state index is 12.6. The lowest BCUT2D eigenvalue weighted by Gasteiger charge is -2.33. The summed E-state index contributed by atoms with van der Waals surface area (Å²) in [5, 5.41) is 4.30. The summed E-state index contributed by atoms with van der Waals surface area (Å²) in [6, 6.07) is 8.30. The first-order chi connectivity index (χ1) is 12.9. The van der Waals surface area contributed by atoms with Gasteiger partial charge >= 0.3 is 5.97 Å². The molecule has 3 rings (SSSR count). The van der Waals surface area contributed by atoms with Crippen LogP contribution in [0.15, 0.2) is 24.3 Å². The molecule has 2 aromatic rings. The molecule has 144 valence electrons. The SMILES string of the molecule is Cc1nn(C)c(C)c1CC(=O)OCC(=O)N(C)C1CCCc2ccccc21. The zero-order valence-corrected chi connectivity index (χ0v) is 16.5. The maximum Gasteiger partial charge on any atom is 0.310 e. The van der Waals surface area contributed by atoms with Crippen molar-refractivity contribution < 1.29 is 14.3 Å². The Morgan fingerprint density at radius 1 is 1.30 bits per heavy atom. The molecule has 0 saturated heterocycles. The highest BCUT2D eigenvalue weighted by atomic mass is 16.5. The predicted octanol–water partition coefficient (Wildman–Crippen LogP) is 2.66. The van der Waals surface area contributed by atoms with Gasteiger partial charge in [-0.15, -0.1) is 0 Å². The Hall–Kier alpha value is -2.63. The normalized spacial score (nSPS) is 15.9. The van der Waals surface area contributed by atoms with Crippen molar-refractivity contribution in [2.45, 2.75) is 45.6 Å². The van der Waals surface area contributed by atoms with Crippen LogP contribution in [0.25, 0.3) is 0 Å². The van der Waals surface area contributed by atoms with Gasteiger partial charge in [-0.25, -0.2) is 0 Å². The second-order valence-corrected chi connectivity index (χ2v) is 7.22. The monoisotopic (exact) mass is 369 g/mol. The Balaban J connectivity index is 1.58. The highest BCUT2D eigenvalue weighted by Gasteiger charge is 2.27. The number of fused-ring (bicyclic) bond motifs is 1. The van der Waals surface area contributed by atoms with E-state index < -0.39 is 5.97 Å². The molecule has 1 heterocycles. The number of carbonyl (C=O) groups excluding carboxylic acids is 2. The smallest absolute Gasteiger partial charge is 0.310 e. The number of carbonyl (C=O) groups is 2. The van der Waals surface area contributed by atoms with E-state index in [1.165, 1.54) is 11.1 Å². The highest BCUT2D eigenvalue weighted by molar-refractivity contribution is 5.81. The van der Waals surface area contributed by atoms with Crippen molar-refractivity contribution in [2.75, 3.05) is 13.7 Å². The fourth-order valence-electron chi connectivity index (χ4n) is 3.82. The minimum atomic E-state index is -0.403. The van der Waals surface area contributed by atoms with Gasteiger partial charge in [0.15, 0.2) is 6.61 Å². The van der Waals surface area contributed by atoms with Crippen molar-refractivity contribution in [3.8, 4) is 0 Å². The number of amides is 1. The van der Waals surface area contributed by atoms with Crippen LogP contribution >= 0.6 is 0 Å². The molecule has 0 N–H and O–H groups in total. The highest BCUT2D eigenvalue weighted by Crippen LogP contribution is 2.33. The summed E-state index contributed by atoms with van der Waals surface area (Å²) >= 11 is 0. The molecule has 27 heavy (non-hydrogen) atoms. The van der Waals surface area contributed by atoms with Gasteiger partial charge in [-0.3, -0.25) is 14.3 Å². The summed E-state index contributed by atoms with van der Waals surface area (Å²) in [4.78, 5) is 26.5. The molecule has 1 aliphatic carbocycles. The molecule has 1 atom stereocenters. The molecule has 1 aromatic carbocycles. The van der Waals surface area contributed by atoms with E-state index in [4.69, 9.17) is 4.74 Å². The molecule has 6 nitrogen and oxygen atoms in total. The van der Waals surface area contributed by atoms with Gasteiger partial charge in [0.1, 0.15) is 0 Å². The number of likely N-dealkylation sites (N-methyl/N-ethyl adjacent to an activating group) is 1. The molecule has 0 spiro atoms. The first-order valence-corrected chi connectivity index (χ1v) is 9.36. The first kappa shape index (κ1) is 19.1. The van der Waals surface area contributed by atoms with Crippen molar-refractivity contribution in [3.05, 3.63) is 52.3 Å². The Kier molecular flexibility index (Phi) is 5.63. The van der Waals surface area contributed by atoms with E-state index in [0.29, 0.717) is 0 Å². The van der Waals surface area contributed by atoms with Crippen molar-refractivity contribution in [2.24, 2.45) is 7.05 Å². The van der Waals surface area contributed by atoms with Crippen molar-refractivity contribution in [1.29, 1.82) is 0 Å². The molecule has 0 radical (unpaired) electrons. The molecule has 1 unspecified atom stereocenters. The van der Waals surface area contributed by atoms with Gasteiger partial charge in [0.2, 0.25) is 0 Å². The third-order valence-corrected chi connectivity index (χ3v) is 5.54. The summed E-state index contributed by atoms with van der Waals surface area (Å²) in [5.41, 5.74) is 5.12. The zero-order valence-electron chi connectivity index (χ0n) is 16.5. The fraction of sp³-hybridized carbons (Fsp3) is 0.476. The van der Waals surface area contributed by atoms with Crippen LogP contribution in [-0.2, 0) is 34.2 Å². The lowest BCUT2D eigenvalue weighted by molar-refractivity contribution is -0.152. The number of rotatable bonds is 5. The second-order valence-electron chi connectivity index (χ2n) is 7.22. The first-order valence-electron chi connectivity index (χ1n) is 9.36. The summed E-state index contributed by atoms with van der Waals surface area (Å²) < 4.78 is 7.01. The van der Waals surface area contributed by atoms with Gasteiger partial charge < -0.3 is 9.64 Å². The number of aromatic nitrogens is 2. The van der Waals surface area contributed by atoms with Gasteiger partial charge in [0.25, 0.3) is 5.91 Å². The largest absolute Gasteiger partial charge is 0.455 e. The number of esters is 1. The number of ether oxygens (including phenoxy) is 1. The molecule has 1 aliphatic rings. The average Bonchev–Trinajstić information content (AvgIpc) is 2.91. The summed E-state index contributed by atoms with van der Waals surface area (Å²) in [5.74, 6) is -0.579. The molecule has 0 saturated carbocycles. The Labute approximate surface area is 160 Å². The Morgan fingerprint density at radius 3 is 2.74 bits per heavy atom. The molecule has 6 heteroatoms. The molecule has 0 aliphatic heterocycles. The summed E-state index contributed by atoms with van der Waals surface area (Å²) in [6.07, 6.45) is 3.17. The predicted molar refractivity (Wildman–Crippen MR) is 102 cm³/mol. The quantitative estimate of drug-likeness (QED) is 0.760. The molecule has 1 amide bonds. The van der Waals surface area contributed by atoms with Gasteiger partial charge in [-0.1, -0.05) is 24.3 Å². The lowest BCUT2D eigenvalue weighted by atomic mass is 9.87. The topological polar surface area (TPSA) is 64.4 Å². The van der Waals surface area contributed by atoms with E-state index in [1.807, 2.05) is 33.0 Å². The van der Waals surface area contributed by atoms with Crippen LogP contribution in [0.4, 0.5) is 0 Å². The fourth-order valence-corrected chi connectivity index (χ4v) is 3.82. The van der Waals surface area contributed by atoms with Crippen LogP contribution in [0.1, 0.15) is 47.0 Å². The van der Waals surface area contributed by atoms with E-state index in [2.05, 4.69) is 17.2 Å². The standard InChI is InChI=1S/C21H27N3O3/c1-14-18(15(2)24(4)22-14)12-21(26)27-13-20(25)23(3)19-11-7-9-16-8-5-6-10-17(16)19/h5-6,8,10,19H,7,9,11-13H2,1-4H3. The van der Waals surface area contributed by atoms with Gasteiger partial charge in [0.05, 0.1) is 18.2 Å². The van der Waals surface area contributed by atoms with Crippen LogP contribution < -0.4 is 0 Å². The van der Waals surface area contributed by atoms with Crippen LogP contribution in [-0.4, -0.2) is 40.2 Å². The van der Waals surface area contributed by atoms with Crippen LogP contribution in [0.2, 0.25) is 0 Å². The minimum Gasteiger partial charge on any atom is -0.455 e. The Morgan fingerprint density at radius 2 is 2.04 bits per heavy atom. The third kappa shape index (κ3) is 4.04.